The summed E-state index contributed by atoms with van der Waals surface area (Å²) in [4.78, 5) is 16.7. The minimum atomic E-state index is -0.128. The monoisotopic (exact) mass is 308 g/mol. The molecule has 21 heavy (non-hydrogen) atoms. The number of rotatable bonds is 5. The highest BCUT2D eigenvalue weighted by molar-refractivity contribution is 6.30. The van der Waals surface area contributed by atoms with Gasteiger partial charge in [-0.1, -0.05) is 17.7 Å². The highest BCUT2D eigenvalue weighted by Gasteiger charge is 2.14. The number of nitrogens with zero attached hydrogens (tertiary/aromatic N) is 1. The molecule has 0 aliphatic heterocycles. The van der Waals surface area contributed by atoms with E-state index in [2.05, 4.69) is 4.98 Å². The van der Waals surface area contributed by atoms with Crippen molar-refractivity contribution in [3.8, 4) is 11.5 Å². The van der Waals surface area contributed by atoms with Gasteiger partial charge in [-0.2, -0.15) is 0 Å². The summed E-state index contributed by atoms with van der Waals surface area (Å²) in [5.74, 6) is 1.17. The standard InChI is InChI=1S/C15H17ClN2O3/c1-18(15(19)12-7-11(16)8-17-12)9-10-4-5-13(20-2)14(6-10)21-3/h4-8,17H,9H2,1-3H3. The Morgan fingerprint density at radius 2 is 1.95 bits per heavy atom. The molecule has 0 bridgehead atoms. The number of hydrogen-bond donors (Lipinski definition) is 1. The number of aromatic amines is 1. The van der Waals surface area contributed by atoms with Crippen molar-refractivity contribution in [1.82, 2.24) is 9.88 Å². The Hall–Kier alpha value is -2.14. The molecule has 1 heterocycles. The van der Waals surface area contributed by atoms with Crippen LogP contribution in [-0.4, -0.2) is 37.1 Å². The quantitative estimate of drug-likeness (QED) is 0.924. The van der Waals surface area contributed by atoms with Crippen LogP contribution >= 0.6 is 11.6 Å². The summed E-state index contributed by atoms with van der Waals surface area (Å²) >= 11 is 5.81. The zero-order chi connectivity index (χ0) is 15.4. The second-order valence-electron chi connectivity index (χ2n) is 4.58. The summed E-state index contributed by atoms with van der Waals surface area (Å²) in [6.07, 6.45) is 1.58. The third-order valence-corrected chi connectivity index (χ3v) is 3.31. The number of halogens is 1. The first-order valence-electron chi connectivity index (χ1n) is 6.35. The molecule has 2 rings (SSSR count). The molecule has 0 spiro atoms. The van der Waals surface area contributed by atoms with Gasteiger partial charge in [0.05, 0.1) is 19.2 Å². The Morgan fingerprint density at radius 1 is 1.24 bits per heavy atom. The van der Waals surface area contributed by atoms with Gasteiger partial charge < -0.3 is 19.4 Å². The molecule has 1 aromatic carbocycles. The molecule has 2 aromatic rings. The summed E-state index contributed by atoms with van der Waals surface area (Å²) < 4.78 is 10.4. The molecule has 1 N–H and O–H groups in total. The normalized spacial score (nSPS) is 10.3. The summed E-state index contributed by atoms with van der Waals surface area (Å²) in [5, 5.41) is 0.512. The van der Waals surface area contributed by atoms with E-state index in [4.69, 9.17) is 21.1 Å². The van der Waals surface area contributed by atoms with Gasteiger partial charge in [0, 0.05) is 19.8 Å². The fraction of sp³-hybridized carbons (Fsp3) is 0.267. The molecular weight excluding hydrogens is 292 g/mol. The van der Waals surface area contributed by atoms with Gasteiger partial charge in [0.25, 0.3) is 5.91 Å². The first kappa shape index (κ1) is 15.3. The number of carbonyl (C=O) groups is 1. The third-order valence-electron chi connectivity index (χ3n) is 3.09. The van der Waals surface area contributed by atoms with E-state index in [1.165, 1.54) is 0 Å². The SMILES string of the molecule is COc1ccc(CN(C)C(=O)c2cc(Cl)c[nH]2)cc1OC. The van der Waals surface area contributed by atoms with Crippen LogP contribution in [0.5, 0.6) is 11.5 Å². The molecule has 0 fully saturated rings. The van der Waals surface area contributed by atoms with Crippen LogP contribution in [0.3, 0.4) is 0 Å². The highest BCUT2D eigenvalue weighted by atomic mass is 35.5. The van der Waals surface area contributed by atoms with E-state index in [9.17, 15) is 4.79 Å². The molecule has 0 atom stereocenters. The molecule has 5 nitrogen and oxygen atoms in total. The molecule has 1 aromatic heterocycles. The lowest BCUT2D eigenvalue weighted by Crippen LogP contribution is -2.26. The number of hydrogen-bond acceptors (Lipinski definition) is 3. The van der Waals surface area contributed by atoms with Crippen molar-refractivity contribution < 1.29 is 14.3 Å². The van der Waals surface area contributed by atoms with Gasteiger partial charge in [0.1, 0.15) is 5.69 Å². The fourth-order valence-corrected chi connectivity index (χ4v) is 2.19. The number of H-pyrrole nitrogens is 1. The largest absolute Gasteiger partial charge is 0.493 e. The van der Waals surface area contributed by atoms with E-state index in [1.807, 2.05) is 18.2 Å². The third kappa shape index (κ3) is 3.49. The van der Waals surface area contributed by atoms with E-state index in [1.54, 1.807) is 38.4 Å². The molecule has 1 amide bonds. The van der Waals surface area contributed by atoms with Crippen molar-refractivity contribution in [2.75, 3.05) is 21.3 Å². The van der Waals surface area contributed by atoms with Gasteiger partial charge >= 0.3 is 0 Å². The van der Waals surface area contributed by atoms with Crippen LogP contribution < -0.4 is 9.47 Å². The lowest BCUT2D eigenvalue weighted by Gasteiger charge is -2.17. The fourth-order valence-electron chi connectivity index (χ4n) is 2.02. The van der Waals surface area contributed by atoms with Crippen molar-refractivity contribution in [3.05, 3.63) is 46.7 Å². The number of methoxy groups -OCH3 is 2. The van der Waals surface area contributed by atoms with Crippen molar-refractivity contribution >= 4 is 17.5 Å². The molecule has 0 saturated carbocycles. The molecule has 6 heteroatoms. The van der Waals surface area contributed by atoms with E-state index in [-0.39, 0.29) is 5.91 Å². The summed E-state index contributed by atoms with van der Waals surface area (Å²) in [7, 11) is 4.90. The average molecular weight is 309 g/mol. The molecule has 0 radical (unpaired) electrons. The first-order chi connectivity index (χ1) is 10.0. The van der Waals surface area contributed by atoms with Crippen LogP contribution in [0, 0.1) is 0 Å². The minimum absolute atomic E-state index is 0.128. The van der Waals surface area contributed by atoms with E-state index in [0.717, 1.165) is 5.56 Å². The smallest absolute Gasteiger partial charge is 0.270 e. The van der Waals surface area contributed by atoms with Gasteiger partial charge in [-0.15, -0.1) is 0 Å². The zero-order valence-corrected chi connectivity index (χ0v) is 12.9. The predicted octanol–water partition coefficient (Wildman–Crippen LogP) is 2.96. The summed E-state index contributed by atoms with van der Waals surface area (Å²) in [5.41, 5.74) is 1.41. The Bertz CT molecular complexity index is 640. The number of carbonyl (C=O) groups excluding carboxylic acids is 1. The second kappa shape index (κ2) is 6.54. The predicted molar refractivity (Wildman–Crippen MR) is 81.1 cm³/mol. The molecular formula is C15H17ClN2O3. The Balaban J connectivity index is 2.12. The Morgan fingerprint density at radius 3 is 2.52 bits per heavy atom. The van der Waals surface area contributed by atoms with Gasteiger partial charge in [-0.05, 0) is 23.8 Å². The molecule has 0 aliphatic carbocycles. The second-order valence-corrected chi connectivity index (χ2v) is 5.02. The molecule has 0 unspecified atom stereocenters. The molecule has 0 aliphatic rings. The minimum Gasteiger partial charge on any atom is -0.493 e. The highest BCUT2D eigenvalue weighted by Crippen LogP contribution is 2.28. The topological polar surface area (TPSA) is 54.6 Å². The van der Waals surface area contributed by atoms with Crippen molar-refractivity contribution in [3.63, 3.8) is 0 Å². The van der Waals surface area contributed by atoms with Crippen molar-refractivity contribution in [2.24, 2.45) is 0 Å². The summed E-state index contributed by atoms with van der Waals surface area (Å²) in [6.45, 7) is 0.454. The number of amides is 1. The van der Waals surface area contributed by atoms with Gasteiger partial charge in [-0.25, -0.2) is 0 Å². The Labute approximate surface area is 128 Å². The maximum Gasteiger partial charge on any atom is 0.270 e. The average Bonchev–Trinajstić information content (AvgIpc) is 2.92. The number of ether oxygens (including phenoxy) is 2. The van der Waals surface area contributed by atoms with Crippen LogP contribution in [0.25, 0.3) is 0 Å². The first-order valence-corrected chi connectivity index (χ1v) is 6.73. The van der Waals surface area contributed by atoms with Crippen molar-refractivity contribution in [1.29, 1.82) is 0 Å². The van der Waals surface area contributed by atoms with E-state index >= 15 is 0 Å². The van der Waals surface area contributed by atoms with Crippen LogP contribution in [-0.2, 0) is 6.54 Å². The van der Waals surface area contributed by atoms with Crippen LogP contribution in [0.15, 0.2) is 30.5 Å². The van der Waals surface area contributed by atoms with Crippen LogP contribution in [0.2, 0.25) is 5.02 Å². The van der Waals surface area contributed by atoms with Crippen molar-refractivity contribution in [2.45, 2.75) is 6.54 Å². The van der Waals surface area contributed by atoms with Gasteiger partial charge in [-0.3, -0.25) is 4.79 Å². The number of nitrogens with one attached hydrogen (secondary N) is 1. The van der Waals surface area contributed by atoms with Crippen LogP contribution in [0.1, 0.15) is 16.1 Å². The van der Waals surface area contributed by atoms with E-state index < -0.39 is 0 Å². The van der Waals surface area contributed by atoms with Gasteiger partial charge in [0.15, 0.2) is 11.5 Å². The summed E-state index contributed by atoms with van der Waals surface area (Å²) in [6, 6.07) is 7.17. The maximum atomic E-state index is 12.2. The number of benzene rings is 1. The van der Waals surface area contributed by atoms with Crippen LogP contribution in [0.4, 0.5) is 0 Å². The van der Waals surface area contributed by atoms with Gasteiger partial charge in [0.2, 0.25) is 0 Å². The Kier molecular flexibility index (Phi) is 4.75. The van der Waals surface area contributed by atoms with E-state index in [0.29, 0.717) is 28.8 Å². The maximum absolute atomic E-state index is 12.2. The number of aromatic nitrogens is 1. The lowest BCUT2D eigenvalue weighted by atomic mass is 10.2. The zero-order valence-electron chi connectivity index (χ0n) is 12.1. The molecule has 112 valence electrons. The molecule has 0 saturated heterocycles. The lowest BCUT2D eigenvalue weighted by molar-refractivity contribution is 0.0780.